The van der Waals surface area contributed by atoms with Gasteiger partial charge >= 0.3 is 6.18 Å². The van der Waals surface area contributed by atoms with Gasteiger partial charge in [0.2, 0.25) is 0 Å². The van der Waals surface area contributed by atoms with E-state index in [-0.39, 0.29) is 0 Å². The molecule has 2 aromatic carbocycles. The molecule has 0 amide bonds. The van der Waals surface area contributed by atoms with Crippen LogP contribution in [0.2, 0.25) is 0 Å². The third kappa shape index (κ3) is 4.35. The van der Waals surface area contributed by atoms with Crippen molar-refractivity contribution in [2.24, 2.45) is 0 Å². The van der Waals surface area contributed by atoms with Crippen molar-refractivity contribution in [3.05, 3.63) is 48.0 Å². The Morgan fingerprint density at radius 2 is 1.65 bits per heavy atom. The molecule has 0 fully saturated rings. The average molecular weight is 380 g/mol. The number of halogens is 3. The first-order valence-electron chi connectivity index (χ1n) is 8.76. The third-order valence-electron chi connectivity index (χ3n) is 4.44. The Labute approximate surface area is 157 Å². The molecule has 1 aliphatic heterocycles. The predicted molar refractivity (Wildman–Crippen MR) is 101 cm³/mol. The number of nitrogens with zero attached hydrogens (tertiary/aromatic N) is 2. The van der Waals surface area contributed by atoms with Crippen LogP contribution in [0, 0.1) is 0 Å². The number of para-hydroxylation sites is 1. The van der Waals surface area contributed by atoms with Crippen molar-refractivity contribution in [1.29, 1.82) is 0 Å². The van der Waals surface area contributed by atoms with E-state index in [1.54, 1.807) is 6.07 Å². The summed E-state index contributed by atoms with van der Waals surface area (Å²) >= 11 is 1.54. The first-order chi connectivity index (χ1) is 12.4. The van der Waals surface area contributed by atoms with E-state index >= 15 is 0 Å². The molecule has 1 heterocycles. The second-order valence-electron chi connectivity index (χ2n) is 6.77. The van der Waals surface area contributed by atoms with Gasteiger partial charge in [0.1, 0.15) is 0 Å². The molecule has 2 nitrogen and oxygen atoms in total. The molecule has 3 rings (SSSR count). The van der Waals surface area contributed by atoms with E-state index in [0.29, 0.717) is 5.69 Å². The summed E-state index contributed by atoms with van der Waals surface area (Å²) in [4.78, 5) is 6.17. The number of rotatable bonds is 6. The highest BCUT2D eigenvalue weighted by molar-refractivity contribution is 7.99. The SMILES string of the molecule is CN(C)CCCCCN1c2ccccc2Sc2ccc(C(F)(F)F)cc21. The summed E-state index contributed by atoms with van der Waals surface area (Å²) in [6.45, 7) is 1.75. The summed E-state index contributed by atoms with van der Waals surface area (Å²) in [6.07, 6.45) is -1.23. The summed E-state index contributed by atoms with van der Waals surface area (Å²) < 4.78 is 39.5. The monoisotopic (exact) mass is 380 g/mol. The zero-order valence-electron chi connectivity index (χ0n) is 15.0. The lowest BCUT2D eigenvalue weighted by molar-refractivity contribution is -0.137. The maximum Gasteiger partial charge on any atom is 0.416 e. The van der Waals surface area contributed by atoms with E-state index in [9.17, 15) is 13.2 Å². The van der Waals surface area contributed by atoms with Gasteiger partial charge < -0.3 is 9.80 Å². The number of anilines is 2. The molecular weight excluding hydrogens is 357 g/mol. The second kappa shape index (κ2) is 7.92. The minimum Gasteiger partial charge on any atom is -0.340 e. The van der Waals surface area contributed by atoms with Crippen LogP contribution in [0.5, 0.6) is 0 Å². The summed E-state index contributed by atoms with van der Waals surface area (Å²) in [7, 11) is 4.10. The Morgan fingerprint density at radius 1 is 0.923 bits per heavy atom. The average Bonchev–Trinajstić information content (AvgIpc) is 2.59. The zero-order valence-corrected chi connectivity index (χ0v) is 15.8. The summed E-state index contributed by atoms with van der Waals surface area (Å²) in [5, 5.41) is 0. The maximum atomic E-state index is 13.2. The van der Waals surface area contributed by atoms with E-state index in [0.717, 1.165) is 47.8 Å². The van der Waals surface area contributed by atoms with Crippen LogP contribution in [-0.4, -0.2) is 32.1 Å². The van der Waals surface area contributed by atoms with Gasteiger partial charge in [0, 0.05) is 16.3 Å². The van der Waals surface area contributed by atoms with Gasteiger partial charge in [0.15, 0.2) is 0 Å². The van der Waals surface area contributed by atoms with Crippen molar-refractivity contribution in [2.45, 2.75) is 35.2 Å². The molecule has 0 N–H and O–H groups in total. The Bertz CT molecular complexity index is 759. The number of benzene rings is 2. The van der Waals surface area contributed by atoms with Crippen molar-refractivity contribution in [3.63, 3.8) is 0 Å². The van der Waals surface area contributed by atoms with Gasteiger partial charge in [-0.05, 0) is 63.8 Å². The van der Waals surface area contributed by atoms with Gasteiger partial charge in [-0.15, -0.1) is 0 Å². The minimum atomic E-state index is -4.33. The molecule has 0 aromatic heterocycles. The molecule has 0 saturated carbocycles. The van der Waals surface area contributed by atoms with Crippen LogP contribution in [0.1, 0.15) is 24.8 Å². The van der Waals surface area contributed by atoms with Crippen molar-refractivity contribution >= 4 is 23.1 Å². The fraction of sp³-hybridized carbons (Fsp3) is 0.400. The van der Waals surface area contributed by atoms with Gasteiger partial charge in [0.25, 0.3) is 0 Å². The van der Waals surface area contributed by atoms with E-state index in [4.69, 9.17) is 0 Å². The second-order valence-corrected chi connectivity index (χ2v) is 7.85. The number of fused-ring (bicyclic) bond motifs is 2. The molecule has 1 aliphatic rings. The van der Waals surface area contributed by atoms with Crippen LogP contribution in [0.4, 0.5) is 24.5 Å². The normalized spacial score (nSPS) is 13.7. The highest BCUT2D eigenvalue weighted by atomic mass is 32.2. The van der Waals surface area contributed by atoms with Gasteiger partial charge in [-0.2, -0.15) is 13.2 Å². The molecule has 140 valence electrons. The summed E-state index contributed by atoms with van der Waals surface area (Å²) in [6, 6.07) is 12.0. The molecule has 0 atom stereocenters. The van der Waals surface area contributed by atoms with Crippen molar-refractivity contribution in [3.8, 4) is 0 Å². The zero-order chi connectivity index (χ0) is 18.7. The molecule has 0 spiro atoms. The number of hydrogen-bond acceptors (Lipinski definition) is 3. The predicted octanol–water partition coefficient (Wildman–Crippen LogP) is 6.04. The van der Waals surface area contributed by atoms with Gasteiger partial charge in [0.05, 0.1) is 16.9 Å². The Hall–Kier alpha value is -1.66. The smallest absolute Gasteiger partial charge is 0.340 e. The highest BCUT2D eigenvalue weighted by Gasteiger charge is 2.33. The largest absolute Gasteiger partial charge is 0.416 e. The first kappa shape index (κ1) is 19.1. The maximum absolute atomic E-state index is 13.2. The van der Waals surface area contributed by atoms with E-state index in [1.165, 1.54) is 23.9 Å². The molecule has 0 unspecified atom stereocenters. The molecule has 0 radical (unpaired) electrons. The molecule has 0 saturated heterocycles. The standard InChI is InChI=1S/C20H23F3N2S/c1-24(2)12-6-3-7-13-25-16-8-4-5-9-18(16)26-19-11-10-15(14-17(19)25)20(21,22)23/h4-5,8-11,14H,3,6-7,12-13H2,1-2H3. The lowest BCUT2D eigenvalue weighted by atomic mass is 10.1. The quantitative estimate of drug-likeness (QED) is 0.564. The van der Waals surface area contributed by atoms with Crippen molar-refractivity contribution < 1.29 is 13.2 Å². The van der Waals surface area contributed by atoms with Crippen molar-refractivity contribution in [2.75, 3.05) is 32.1 Å². The van der Waals surface area contributed by atoms with Gasteiger partial charge in [-0.1, -0.05) is 30.3 Å². The highest BCUT2D eigenvalue weighted by Crippen LogP contribution is 2.49. The van der Waals surface area contributed by atoms with Crippen LogP contribution < -0.4 is 4.90 Å². The Balaban J connectivity index is 1.84. The minimum absolute atomic E-state index is 0.589. The lowest BCUT2D eigenvalue weighted by Crippen LogP contribution is -2.23. The van der Waals surface area contributed by atoms with E-state index in [2.05, 4.69) is 4.90 Å². The van der Waals surface area contributed by atoms with Gasteiger partial charge in [-0.3, -0.25) is 0 Å². The first-order valence-corrected chi connectivity index (χ1v) is 9.58. The number of hydrogen-bond donors (Lipinski definition) is 0. The number of alkyl halides is 3. The van der Waals surface area contributed by atoms with Crippen LogP contribution in [0.25, 0.3) is 0 Å². The molecule has 2 aromatic rings. The Kier molecular flexibility index (Phi) is 5.82. The third-order valence-corrected chi connectivity index (χ3v) is 5.57. The van der Waals surface area contributed by atoms with Gasteiger partial charge in [-0.25, -0.2) is 0 Å². The topological polar surface area (TPSA) is 6.48 Å². The lowest BCUT2D eigenvalue weighted by Gasteiger charge is -2.33. The summed E-state index contributed by atoms with van der Waals surface area (Å²) in [5.41, 5.74) is 1.07. The Morgan fingerprint density at radius 3 is 2.38 bits per heavy atom. The fourth-order valence-corrected chi connectivity index (χ4v) is 4.20. The fourth-order valence-electron chi connectivity index (χ4n) is 3.12. The molecule has 6 heteroatoms. The van der Waals surface area contributed by atoms with Crippen LogP contribution in [0.3, 0.4) is 0 Å². The molecule has 0 aliphatic carbocycles. The molecule has 0 bridgehead atoms. The van der Waals surface area contributed by atoms with Crippen LogP contribution in [0.15, 0.2) is 52.3 Å². The van der Waals surface area contributed by atoms with Crippen LogP contribution >= 0.6 is 11.8 Å². The summed E-state index contributed by atoms with van der Waals surface area (Å²) in [5.74, 6) is 0. The van der Waals surface area contributed by atoms with Crippen LogP contribution in [-0.2, 0) is 6.18 Å². The van der Waals surface area contributed by atoms with E-state index in [1.807, 2.05) is 43.3 Å². The van der Waals surface area contributed by atoms with Crippen molar-refractivity contribution in [1.82, 2.24) is 4.90 Å². The molecule has 26 heavy (non-hydrogen) atoms. The number of unbranched alkanes of at least 4 members (excludes halogenated alkanes) is 2. The van der Waals surface area contributed by atoms with E-state index < -0.39 is 11.7 Å². The molecular formula is C20H23F3N2S.